The monoisotopic (exact) mass is 347 g/mol. The van der Waals surface area contributed by atoms with Crippen LogP contribution in [0.3, 0.4) is 0 Å². The van der Waals surface area contributed by atoms with Crippen LogP contribution in [-0.4, -0.2) is 38.6 Å². The van der Waals surface area contributed by atoms with Crippen LogP contribution in [0.15, 0.2) is 48.5 Å². The summed E-state index contributed by atoms with van der Waals surface area (Å²) in [7, 11) is 0. The van der Waals surface area contributed by atoms with Crippen LogP contribution in [-0.2, 0) is 11.3 Å². The normalized spacial score (nSPS) is 20.2. The van der Waals surface area contributed by atoms with Gasteiger partial charge in [0.15, 0.2) is 6.54 Å². The predicted molar refractivity (Wildman–Crippen MR) is 91.4 cm³/mol. The van der Waals surface area contributed by atoms with Crippen molar-refractivity contribution in [3.8, 4) is 0 Å². The zero-order valence-corrected chi connectivity index (χ0v) is 14.0. The van der Waals surface area contributed by atoms with Gasteiger partial charge in [-0.3, -0.25) is 4.79 Å². The molecule has 0 spiro atoms. The average Bonchev–Trinajstić information content (AvgIpc) is 2.61. The molecule has 0 saturated carbocycles. The van der Waals surface area contributed by atoms with Gasteiger partial charge in [0.05, 0.1) is 5.69 Å². The number of amides is 1. The van der Waals surface area contributed by atoms with E-state index in [1.807, 2.05) is 12.1 Å². The SMILES string of the molecule is O=C(C[NH+]1CC[NH+](Cc2ccc(F)cc2)CC1)Nc1ccccc1F. The van der Waals surface area contributed by atoms with Crippen molar-refractivity contribution < 1.29 is 23.4 Å². The van der Waals surface area contributed by atoms with Gasteiger partial charge in [-0.2, -0.15) is 0 Å². The van der Waals surface area contributed by atoms with Crippen LogP contribution in [0.2, 0.25) is 0 Å². The second-order valence-corrected chi connectivity index (χ2v) is 6.51. The minimum Gasteiger partial charge on any atom is -0.322 e. The lowest BCUT2D eigenvalue weighted by atomic mass is 10.2. The standard InChI is InChI=1S/C19H21F2N3O/c20-16-7-5-15(6-8-16)13-23-9-11-24(12-10-23)14-19(25)22-18-4-2-1-3-17(18)21/h1-8H,9-14H2,(H,22,25)/p+2. The van der Waals surface area contributed by atoms with Crippen molar-refractivity contribution in [3.05, 3.63) is 65.7 Å². The summed E-state index contributed by atoms with van der Waals surface area (Å²) in [6.07, 6.45) is 0. The second kappa shape index (κ2) is 8.18. The van der Waals surface area contributed by atoms with Gasteiger partial charge in [-0.15, -0.1) is 0 Å². The van der Waals surface area contributed by atoms with Gasteiger partial charge in [0.25, 0.3) is 5.91 Å². The highest BCUT2D eigenvalue weighted by atomic mass is 19.1. The summed E-state index contributed by atoms with van der Waals surface area (Å²) in [6.45, 7) is 4.91. The molecule has 6 heteroatoms. The van der Waals surface area contributed by atoms with Gasteiger partial charge >= 0.3 is 0 Å². The largest absolute Gasteiger partial charge is 0.322 e. The van der Waals surface area contributed by atoms with Crippen molar-refractivity contribution in [2.45, 2.75) is 6.54 Å². The van der Waals surface area contributed by atoms with Gasteiger partial charge in [0, 0.05) is 5.56 Å². The number of anilines is 1. The highest BCUT2D eigenvalue weighted by molar-refractivity contribution is 5.91. The van der Waals surface area contributed by atoms with E-state index in [2.05, 4.69) is 5.32 Å². The summed E-state index contributed by atoms with van der Waals surface area (Å²) in [5.41, 5.74) is 1.35. The van der Waals surface area contributed by atoms with Gasteiger partial charge in [0.2, 0.25) is 0 Å². The topological polar surface area (TPSA) is 38.0 Å². The van der Waals surface area contributed by atoms with E-state index in [-0.39, 0.29) is 17.4 Å². The molecular weight excluding hydrogens is 324 g/mol. The third-order valence-electron chi connectivity index (χ3n) is 4.59. The van der Waals surface area contributed by atoms with E-state index in [1.54, 1.807) is 18.2 Å². The number of hydrogen-bond donors (Lipinski definition) is 3. The number of hydrogen-bond acceptors (Lipinski definition) is 1. The maximum absolute atomic E-state index is 13.6. The molecule has 0 aliphatic carbocycles. The maximum atomic E-state index is 13.6. The smallest absolute Gasteiger partial charge is 0.279 e. The molecule has 3 N–H and O–H groups in total. The maximum Gasteiger partial charge on any atom is 0.279 e. The molecule has 1 aliphatic heterocycles. The van der Waals surface area contributed by atoms with Crippen molar-refractivity contribution in [1.82, 2.24) is 0 Å². The number of para-hydroxylation sites is 1. The number of quaternary nitrogens is 2. The van der Waals surface area contributed by atoms with Crippen molar-refractivity contribution in [2.24, 2.45) is 0 Å². The van der Waals surface area contributed by atoms with E-state index >= 15 is 0 Å². The Balaban J connectivity index is 1.43. The lowest BCUT2D eigenvalue weighted by Gasteiger charge is -2.29. The number of rotatable bonds is 5. The Morgan fingerprint density at radius 2 is 1.56 bits per heavy atom. The van der Waals surface area contributed by atoms with Gasteiger partial charge in [-0.1, -0.05) is 24.3 Å². The zero-order chi connectivity index (χ0) is 17.6. The van der Waals surface area contributed by atoms with Gasteiger partial charge in [-0.25, -0.2) is 8.78 Å². The lowest BCUT2D eigenvalue weighted by molar-refractivity contribution is -1.02. The fraction of sp³-hybridized carbons (Fsp3) is 0.316. The molecule has 1 saturated heterocycles. The fourth-order valence-corrected chi connectivity index (χ4v) is 3.19. The van der Waals surface area contributed by atoms with E-state index in [4.69, 9.17) is 0 Å². The van der Waals surface area contributed by atoms with Gasteiger partial charge < -0.3 is 15.1 Å². The van der Waals surface area contributed by atoms with Crippen LogP contribution in [0.5, 0.6) is 0 Å². The molecule has 0 aromatic heterocycles. The van der Waals surface area contributed by atoms with E-state index in [1.165, 1.54) is 28.0 Å². The number of carbonyl (C=O) groups is 1. The van der Waals surface area contributed by atoms with E-state index in [9.17, 15) is 13.6 Å². The Kier molecular flexibility index (Phi) is 5.73. The van der Waals surface area contributed by atoms with Crippen LogP contribution in [0.4, 0.5) is 14.5 Å². The Labute approximate surface area is 146 Å². The molecule has 4 nitrogen and oxygen atoms in total. The fourth-order valence-electron chi connectivity index (χ4n) is 3.19. The zero-order valence-electron chi connectivity index (χ0n) is 14.0. The highest BCUT2D eigenvalue weighted by Crippen LogP contribution is 2.11. The van der Waals surface area contributed by atoms with Crippen LogP contribution in [0.25, 0.3) is 0 Å². The predicted octanol–water partition coefficient (Wildman–Crippen LogP) is -0.113. The molecule has 0 atom stereocenters. The number of carbonyl (C=O) groups excluding carboxylic acids is 1. The van der Waals surface area contributed by atoms with E-state index < -0.39 is 5.82 Å². The van der Waals surface area contributed by atoms with Crippen LogP contribution in [0, 0.1) is 11.6 Å². The number of nitrogens with one attached hydrogen (secondary N) is 3. The Bertz CT molecular complexity index is 713. The van der Waals surface area contributed by atoms with Crippen LogP contribution >= 0.6 is 0 Å². The molecule has 132 valence electrons. The molecule has 0 radical (unpaired) electrons. The summed E-state index contributed by atoms with van der Waals surface area (Å²) in [5.74, 6) is -0.796. The van der Waals surface area contributed by atoms with E-state index in [0.717, 1.165) is 38.3 Å². The molecule has 2 aromatic carbocycles. The quantitative estimate of drug-likeness (QED) is 0.694. The summed E-state index contributed by atoms with van der Waals surface area (Å²) in [6, 6.07) is 12.8. The molecule has 1 aliphatic rings. The third kappa shape index (κ3) is 5.08. The Hall–Kier alpha value is -2.31. The van der Waals surface area contributed by atoms with Crippen molar-refractivity contribution >= 4 is 11.6 Å². The molecule has 3 rings (SSSR count). The first-order chi connectivity index (χ1) is 12.1. The first kappa shape index (κ1) is 17.5. The highest BCUT2D eigenvalue weighted by Gasteiger charge is 2.25. The molecule has 1 amide bonds. The molecule has 0 bridgehead atoms. The molecule has 1 heterocycles. The Morgan fingerprint density at radius 1 is 0.920 bits per heavy atom. The van der Waals surface area contributed by atoms with Crippen LogP contribution < -0.4 is 15.1 Å². The lowest BCUT2D eigenvalue weighted by Crippen LogP contribution is -3.28. The van der Waals surface area contributed by atoms with E-state index in [0.29, 0.717) is 6.54 Å². The second-order valence-electron chi connectivity index (χ2n) is 6.51. The summed E-state index contributed by atoms with van der Waals surface area (Å²) < 4.78 is 26.5. The number of piperazine rings is 1. The summed E-state index contributed by atoms with van der Waals surface area (Å²) in [5, 5.41) is 2.64. The number of benzene rings is 2. The third-order valence-corrected chi connectivity index (χ3v) is 4.59. The summed E-state index contributed by atoms with van der Waals surface area (Å²) >= 11 is 0. The first-order valence-corrected chi connectivity index (χ1v) is 8.56. The average molecular weight is 347 g/mol. The van der Waals surface area contributed by atoms with Crippen molar-refractivity contribution in [3.63, 3.8) is 0 Å². The van der Waals surface area contributed by atoms with Gasteiger partial charge in [0.1, 0.15) is 44.4 Å². The molecule has 0 unspecified atom stereocenters. The van der Waals surface area contributed by atoms with Crippen LogP contribution in [0.1, 0.15) is 5.56 Å². The van der Waals surface area contributed by atoms with Crippen molar-refractivity contribution in [2.75, 3.05) is 38.0 Å². The minimum atomic E-state index is -0.417. The minimum absolute atomic E-state index is 0.165. The molecule has 2 aromatic rings. The Morgan fingerprint density at radius 3 is 2.24 bits per heavy atom. The van der Waals surface area contributed by atoms with Crippen molar-refractivity contribution in [1.29, 1.82) is 0 Å². The molecular formula is C19H23F2N3O+2. The van der Waals surface area contributed by atoms with Gasteiger partial charge in [-0.05, 0) is 24.3 Å². The first-order valence-electron chi connectivity index (χ1n) is 8.56. The summed E-state index contributed by atoms with van der Waals surface area (Å²) in [4.78, 5) is 14.7. The molecule has 1 fully saturated rings. The molecule has 25 heavy (non-hydrogen) atoms. The number of halogens is 2.